The van der Waals surface area contributed by atoms with Gasteiger partial charge in [-0.15, -0.1) is 0 Å². The number of hydrogen-bond donors (Lipinski definition) is 1. The van der Waals surface area contributed by atoms with Crippen LogP contribution in [0.1, 0.15) is 27.5 Å². The Hall–Kier alpha value is -1.92. The molecular weight excluding hydrogens is 286 g/mol. The summed E-state index contributed by atoms with van der Waals surface area (Å²) < 4.78 is 7.55. The second-order valence-corrected chi connectivity index (χ2v) is 6.09. The minimum absolute atomic E-state index is 0.0615. The lowest BCUT2D eigenvalue weighted by Crippen LogP contribution is -2.00. The zero-order valence-corrected chi connectivity index (χ0v) is 13.1. The molecule has 3 aromatic rings. The minimum atomic E-state index is -0.0615. The zero-order valence-electron chi connectivity index (χ0n) is 12.3. The number of imidazole rings is 1. The highest BCUT2D eigenvalue weighted by molar-refractivity contribution is 7.16. The average molecular weight is 303 g/mol. The van der Waals surface area contributed by atoms with Crippen LogP contribution in [0.4, 0.5) is 0 Å². The normalized spacial score (nSPS) is 11.2. The van der Waals surface area contributed by atoms with E-state index < -0.39 is 0 Å². The molecule has 0 aliphatic rings. The predicted octanol–water partition coefficient (Wildman–Crippen LogP) is 2.79. The van der Waals surface area contributed by atoms with E-state index in [9.17, 15) is 5.11 Å². The number of hydrogen-bond acceptors (Lipinski definition) is 5. The molecule has 3 rings (SSSR count). The van der Waals surface area contributed by atoms with Crippen LogP contribution in [0.25, 0.3) is 4.96 Å². The Morgan fingerprint density at radius 1 is 1.29 bits per heavy atom. The lowest BCUT2D eigenvalue weighted by atomic mass is 10.1. The first-order valence-electron chi connectivity index (χ1n) is 6.73. The molecule has 0 atom stereocenters. The van der Waals surface area contributed by atoms with Crippen molar-refractivity contribution < 1.29 is 9.84 Å². The monoisotopic (exact) mass is 303 g/mol. The lowest BCUT2D eigenvalue weighted by Gasteiger charge is -2.08. The quantitative estimate of drug-likeness (QED) is 0.805. The first-order valence-corrected chi connectivity index (χ1v) is 7.55. The van der Waals surface area contributed by atoms with Crippen LogP contribution in [-0.4, -0.2) is 19.7 Å². The Labute approximate surface area is 126 Å². The Balaban J connectivity index is 1.82. The molecule has 5 nitrogen and oxygen atoms in total. The molecule has 6 heteroatoms. The summed E-state index contributed by atoms with van der Waals surface area (Å²) in [5.74, 6) is 0.876. The van der Waals surface area contributed by atoms with Gasteiger partial charge >= 0.3 is 0 Å². The van der Waals surface area contributed by atoms with Gasteiger partial charge in [0.15, 0.2) is 5.01 Å². The molecule has 1 N–H and O–H groups in total. The van der Waals surface area contributed by atoms with Crippen molar-refractivity contribution in [1.29, 1.82) is 0 Å². The van der Waals surface area contributed by atoms with Gasteiger partial charge in [-0.1, -0.05) is 23.5 Å². The van der Waals surface area contributed by atoms with Gasteiger partial charge in [0.05, 0.1) is 18.0 Å². The molecule has 0 spiro atoms. The number of nitrogens with zero attached hydrogens (tertiary/aromatic N) is 3. The molecule has 0 saturated carbocycles. The Morgan fingerprint density at radius 2 is 2.10 bits per heavy atom. The van der Waals surface area contributed by atoms with E-state index in [4.69, 9.17) is 4.74 Å². The maximum absolute atomic E-state index is 9.36. The SMILES string of the molecule is Cc1ccc(C)c(OCc2nn3c(CO)c(C)nc3s2)c1. The zero-order chi connectivity index (χ0) is 15.0. The predicted molar refractivity (Wildman–Crippen MR) is 81.8 cm³/mol. The third kappa shape index (κ3) is 2.64. The van der Waals surface area contributed by atoms with Crippen molar-refractivity contribution in [3.8, 4) is 5.75 Å². The molecule has 0 amide bonds. The largest absolute Gasteiger partial charge is 0.486 e. The number of aromatic nitrogens is 3. The average Bonchev–Trinajstić information content (AvgIpc) is 2.95. The van der Waals surface area contributed by atoms with E-state index in [0.29, 0.717) is 6.61 Å². The summed E-state index contributed by atoms with van der Waals surface area (Å²) in [5, 5.41) is 14.7. The third-order valence-corrected chi connectivity index (χ3v) is 4.26. The fraction of sp³-hybridized carbons (Fsp3) is 0.333. The van der Waals surface area contributed by atoms with Crippen molar-refractivity contribution in [2.45, 2.75) is 34.0 Å². The topological polar surface area (TPSA) is 59.7 Å². The second-order valence-electron chi connectivity index (χ2n) is 5.05. The van der Waals surface area contributed by atoms with E-state index in [1.54, 1.807) is 4.52 Å². The van der Waals surface area contributed by atoms with Crippen LogP contribution in [0, 0.1) is 20.8 Å². The molecule has 110 valence electrons. The molecule has 0 aliphatic carbocycles. The van der Waals surface area contributed by atoms with E-state index in [-0.39, 0.29) is 6.61 Å². The van der Waals surface area contributed by atoms with Gasteiger partial charge in [0.1, 0.15) is 12.4 Å². The summed E-state index contributed by atoms with van der Waals surface area (Å²) in [6.07, 6.45) is 0. The smallest absolute Gasteiger partial charge is 0.212 e. The number of benzene rings is 1. The standard InChI is InChI=1S/C15H17N3O2S/c1-9-4-5-10(2)13(6-9)20-8-14-17-18-12(7-19)11(3)16-15(18)21-14/h4-6,19H,7-8H2,1-3H3. The molecule has 0 radical (unpaired) electrons. The summed E-state index contributed by atoms with van der Waals surface area (Å²) in [7, 11) is 0. The van der Waals surface area contributed by atoms with Crippen molar-refractivity contribution in [1.82, 2.24) is 14.6 Å². The first-order chi connectivity index (χ1) is 10.1. The summed E-state index contributed by atoms with van der Waals surface area (Å²) in [6.45, 7) is 6.28. The fourth-order valence-electron chi connectivity index (χ4n) is 2.17. The number of fused-ring (bicyclic) bond motifs is 1. The number of rotatable bonds is 4. The van der Waals surface area contributed by atoms with Gasteiger partial charge in [-0.3, -0.25) is 0 Å². The molecule has 0 bridgehead atoms. The van der Waals surface area contributed by atoms with Gasteiger partial charge in [-0.25, -0.2) is 9.50 Å². The number of aryl methyl sites for hydroxylation is 3. The third-order valence-electron chi connectivity index (χ3n) is 3.38. The molecule has 2 aromatic heterocycles. The van der Waals surface area contributed by atoms with Crippen LogP contribution in [0.5, 0.6) is 5.75 Å². The minimum Gasteiger partial charge on any atom is -0.486 e. The molecule has 21 heavy (non-hydrogen) atoms. The van der Waals surface area contributed by atoms with Crippen molar-refractivity contribution in [3.63, 3.8) is 0 Å². The van der Waals surface area contributed by atoms with E-state index in [1.807, 2.05) is 32.9 Å². The van der Waals surface area contributed by atoms with Gasteiger partial charge in [-0.05, 0) is 38.0 Å². The molecule has 0 aliphatic heterocycles. The Morgan fingerprint density at radius 3 is 2.86 bits per heavy atom. The van der Waals surface area contributed by atoms with E-state index in [1.165, 1.54) is 16.9 Å². The van der Waals surface area contributed by atoms with Gasteiger partial charge < -0.3 is 9.84 Å². The van der Waals surface area contributed by atoms with Crippen LogP contribution in [0.3, 0.4) is 0 Å². The molecule has 0 unspecified atom stereocenters. The van der Waals surface area contributed by atoms with Gasteiger partial charge in [0.2, 0.25) is 4.96 Å². The molecular formula is C15H17N3O2S. The van der Waals surface area contributed by atoms with Crippen LogP contribution >= 0.6 is 11.3 Å². The summed E-state index contributed by atoms with van der Waals surface area (Å²) in [6, 6.07) is 6.14. The summed E-state index contributed by atoms with van der Waals surface area (Å²) >= 11 is 1.48. The van der Waals surface area contributed by atoms with Crippen LogP contribution in [0.15, 0.2) is 18.2 Å². The van der Waals surface area contributed by atoms with Crippen molar-refractivity contribution in [3.05, 3.63) is 45.7 Å². The molecule has 0 saturated heterocycles. The Kier molecular flexibility index (Phi) is 3.65. The van der Waals surface area contributed by atoms with E-state index >= 15 is 0 Å². The van der Waals surface area contributed by atoms with Crippen molar-refractivity contribution in [2.75, 3.05) is 0 Å². The first kappa shape index (κ1) is 14.0. The van der Waals surface area contributed by atoms with Crippen LogP contribution in [0.2, 0.25) is 0 Å². The van der Waals surface area contributed by atoms with Gasteiger partial charge in [0.25, 0.3) is 0 Å². The van der Waals surface area contributed by atoms with Crippen LogP contribution in [-0.2, 0) is 13.2 Å². The maximum atomic E-state index is 9.36. The van der Waals surface area contributed by atoms with Crippen LogP contribution < -0.4 is 4.74 Å². The molecule has 0 fully saturated rings. The second kappa shape index (κ2) is 5.46. The van der Waals surface area contributed by atoms with E-state index in [0.717, 1.165) is 32.7 Å². The number of aliphatic hydroxyl groups is 1. The molecule has 1 aromatic carbocycles. The Bertz CT molecular complexity index is 792. The highest BCUT2D eigenvalue weighted by Gasteiger charge is 2.13. The van der Waals surface area contributed by atoms with Crippen molar-refractivity contribution >= 4 is 16.3 Å². The van der Waals surface area contributed by atoms with E-state index in [2.05, 4.69) is 16.1 Å². The lowest BCUT2D eigenvalue weighted by molar-refractivity contribution is 0.272. The highest BCUT2D eigenvalue weighted by Crippen LogP contribution is 2.23. The van der Waals surface area contributed by atoms with Gasteiger partial charge in [0, 0.05) is 0 Å². The number of ether oxygens (including phenoxy) is 1. The number of aliphatic hydroxyl groups excluding tert-OH is 1. The maximum Gasteiger partial charge on any atom is 0.212 e. The summed E-state index contributed by atoms with van der Waals surface area (Å²) in [4.78, 5) is 5.18. The highest BCUT2D eigenvalue weighted by atomic mass is 32.1. The van der Waals surface area contributed by atoms with Crippen molar-refractivity contribution in [2.24, 2.45) is 0 Å². The fourth-order valence-corrected chi connectivity index (χ4v) is 3.04. The summed E-state index contributed by atoms with van der Waals surface area (Å²) in [5.41, 5.74) is 3.83. The van der Waals surface area contributed by atoms with Gasteiger partial charge in [-0.2, -0.15) is 5.10 Å². The molecule has 2 heterocycles.